The van der Waals surface area contributed by atoms with E-state index in [-0.39, 0.29) is 12.5 Å². The van der Waals surface area contributed by atoms with Crippen LogP contribution in [0.3, 0.4) is 0 Å². The van der Waals surface area contributed by atoms with Crippen molar-refractivity contribution < 1.29 is 14.7 Å². The highest BCUT2D eigenvalue weighted by molar-refractivity contribution is 5.79. The molecule has 110 valence electrons. The van der Waals surface area contributed by atoms with E-state index in [4.69, 9.17) is 0 Å². The largest absolute Gasteiger partial charge is 0.481 e. The highest BCUT2D eigenvalue weighted by Crippen LogP contribution is 2.38. The van der Waals surface area contributed by atoms with Crippen molar-refractivity contribution >= 4 is 11.9 Å². The van der Waals surface area contributed by atoms with E-state index in [1.54, 1.807) is 0 Å². The number of nitrogens with one attached hydrogen (secondary N) is 1. The molecule has 0 bridgehead atoms. The second-order valence-corrected chi connectivity index (χ2v) is 6.10. The number of aliphatic carboxylic acids is 1. The second-order valence-electron chi connectivity index (χ2n) is 6.10. The number of carbonyl (C=O) groups is 2. The van der Waals surface area contributed by atoms with Gasteiger partial charge in [0.25, 0.3) is 0 Å². The summed E-state index contributed by atoms with van der Waals surface area (Å²) < 4.78 is 0. The van der Waals surface area contributed by atoms with E-state index in [1.807, 2.05) is 19.0 Å². The Morgan fingerprint density at radius 1 is 1.32 bits per heavy atom. The number of carboxylic acid groups (broad SMARTS) is 1. The minimum absolute atomic E-state index is 0.0621. The number of nitrogens with zero attached hydrogens (tertiary/aromatic N) is 1. The van der Waals surface area contributed by atoms with Crippen LogP contribution in [0.1, 0.15) is 39.0 Å². The van der Waals surface area contributed by atoms with Crippen LogP contribution in [0, 0.1) is 11.3 Å². The summed E-state index contributed by atoms with van der Waals surface area (Å²) in [5, 5.41) is 12.2. The molecule has 2 N–H and O–H groups in total. The van der Waals surface area contributed by atoms with Crippen LogP contribution in [0.4, 0.5) is 0 Å². The number of amides is 1. The van der Waals surface area contributed by atoms with Crippen molar-refractivity contribution in [3.63, 3.8) is 0 Å². The Hall–Kier alpha value is -1.10. The van der Waals surface area contributed by atoms with Crippen LogP contribution in [-0.2, 0) is 9.59 Å². The van der Waals surface area contributed by atoms with Crippen molar-refractivity contribution in [2.45, 2.75) is 39.0 Å². The number of hydrogen-bond acceptors (Lipinski definition) is 3. The standard InChI is InChI=1S/C14H26N2O3/c1-11-4-7-14(8-5-11,13(18)19)10-15-12(17)6-9-16(2)3/h11H,4-10H2,1-3H3,(H,15,17)(H,18,19). The molecule has 1 rings (SSSR count). The highest BCUT2D eigenvalue weighted by Gasteiger charge is 2.41. The van der Waals surface area contributed by atoms with Crippen LogP contribution in [0.25, 0.3) is 0 Å². The molecule has 1 aliphatic rings. The van der Waals surface area contributed by atoms with E-state index in [1.165, 1.54) is 0 Å². The van der Waals surface area contributed by atoms with Gasteiger partial charge in [-0.1, -0.05) is 6.92 Å². The van der Waals surface area contributed by atoms with Crippen molar-refractivity contribution in [3.05, 3.63) is 0 Å². The third-order valence-electron chi connectivity index (χ3n) is 4.10. The number of carbonyl (C=O) groups excluding carboxylic acids is 1. The Bertz CT molecular complexity index is 321. The summed E-state index contributed by atoms with van der Waals surface area (Å²) in [5.41, 5.74) is -0.750. The van der Waals surface area contributed by atoms with Crippen molar-refractivity contribution in [3.8, 4) is 0 Å². The lowest BCUT2D eigenvalue weighted by Crippen LogP contribution is -2.45. The first-order valence-electron chi connectivity index (χ1n) is 7.00. The molecule has 0 spiro atoms. The van der Waals surface area contributed by atoms with E-state index in [0.29, 0.717) is 31.7 Å². The van der Waals surface area contributed by atoms with Crippen molar-refractivity contribution in [2.75, 3.05) is 27.2 Å². The van der Waals surface area contributed by atoms with Gasteiger partial charge in [-0.15, -0.1) is 0 Å². The normalized spacial score (nSPS) is 27.3. The maximum atomic E-state index is 11.7. The monoisotopic (exact) mass is 270 g/mol. The zero-order valence-electron chi connectivity index (χ0n) is 12.2. The predicted octanol–water partition coefficient (Wildman–Crippen LogP) is 1.34. The van der Waals surface area contributed by atoms with Gasteiger partial charge < -0.3 is 15.3 Å². The first-order valence-corrected chi connectivity index (χ1v) is 7.00. The summed E-state index contributed by atoms with van der Waals surface area (Å²) in [6.45, 7) is 3.10. The minimum atomic E-state index is -0.771. The molecule has 1 fully saturated rings. The quantitative estimate of drug-likeness (QED) is 0.764. The molecular weight excluding hydrogens is 244 g/mol. The predicted molar refractivity (Wildman–Crippen MR) is 73.9 cm³/mol. The van der Waals surface area contributed by atoms with Gasteiger partial charge in [0.1, 0.15) is 0 Å². The van der Waals surface area contributed by atoms with Crippen LogP contribution in [-0.4, -0.2) is 49.1 Å². The fourth-order valence-corrected chi connectivity index (χ4v) is 2.46. The molecular formula is C14H26N2O3. The molecule has 1 aliphatic carbocycles. The summed E-state index contributed by atoms with van der Waals surface area (Å²) in [4.78, 5) is 25.1. The first kappa shape index (κ1) is 16.0. The molecule has 0 aliphatic heterocycles. The molecule has 19 heavy (non-hydrogen) atoms. The Morgan fingerprint density at radius 3 is 2.37 bits per heavy atom. The Kier molecular flexibility index (Phi) is 5.79. The highest BCUT2D eigenvalue weighted by atomic mass is 16.4. The molecule has 0 aromatic rings. The smallest absolute Gasteiger partial charge is 0.311 e. The average molecular weight is 270 g/mol. The topological polar surface area (TPSA) is 69.6 Å². The van der Waals surface area contributed by atoms with Crippen molar-refractivity contribution in [1.82, 2.24) is 10.2 Å². The molecule has 0 saturated heterocycles. The Morgan fingerprint density at radius 2 is 1.89 bits per heavy atom. The zero-order valence-corrected chi connectivity index (χ0v) is 12.2. The molecule has 0 aromatic carbocycles. The number of hydrogen-bond donors (Lipinski definition) is 2. The zero-order chi connectivity index (χ0) is 14.5. The summed E-state index contributed by atoms with van der Waals surface area (Å²) >= 11 is 0. The third kappa shape index (κ3) is 4.82. The van der Waals surface area contributed by atoms with Crippen LogP contribution < -0.4 is 5.32 Å². The van der Waals surface area contributed by atoms with E-state index in [0.717, 1.165) is 12.8 Å². The number of carboxylic acids is 1. The van der Waals surface area contributed by atoms with Crippen molar-refractivity contribution in [2.24, 2.45) is 11.3 Å². The lowest BCUT2D eigenvalue weighted by Gasteiger charge is -2.35. The van der Waals surface area contributed by atoms with Gasteiger partial charge in [-0.2, -0.15) is 0 Å². The van der Waals surface area contributed by atoms with Gasteiger partial charge in [0, 0.05) is 19.5 Å². The minimum Gasteiger partial charge on any atom is -0.481 e. The summed E-state index contributed by atoms with van der Waals surface area (Å²) in [7, 11) is 3.82. The van der Waals surface area contributed by atoms with Gasteiger partial charge in [0.05, 0.1) is 5.41 Å². The average Bonchev–Trinajstić information content (AvgIpc) is 2.35. The molecule has 0 aromatic heterocycles. The molecule has 5 heteroatoms. The summed E-state index contributed by atoms with van der Waals surface area (Å²) in [6, 6.07) is 0. The van der Waals surface area contributed by atoms with E-state index in [2.05, 4.69) is 12.2 Å². The Balaban J connectivity index is 2.46. The third-order valence-corrected chi connectivity index (χ3v) is 4.10. The van der Waals surface area contributed by atoms with Gasteiger partial charge in [-0.25, -0.2) is 0 Å². The van der Waals surface area contributed by atoms with Crippen molar-refractivity contribution in [1.29, 1.82) is 0 Å². The SMILES string of the molecule is CC1CCC(CNC(=O)CCN(C)C)(C(=O)O)CC1. The summed E-state index contributed by atoms with van der Waals surface area (Å²) in [6.07, 6.45) is 3.60. The molecule has 5 nitrogen and oxygen atoms in total. The van der Waals surface area contributed by atoms with E-state index >= 15 is 0 Å². The fraction of sp³-hybridized carbons (Fsp3) is 0.857. The first-order chi connectivity index (χ1) is 8.85. The van der Waals surface area contributed by atoms with Crippen LogP contribution in [0.2, 0.25) is 0 Å². The van der Waals surface area contributed by atoms with Gasteiger partial charge >= 0.3 is 5.97 Å². The lowest BCUT2D eigenvalue weighted by molar-refractivity contribution is -0.151. The molecule has 0 unspecified atom stereocenters. The van der Waals surface area contributed by atoms with Crippen LogP contribution in [0.5, 0.6) is 0 Å². The van der Waals surface area contributed by atoms with E-state index < -0.39 is 11.4 Å². The summed E-state index contributed by atoms with van der Waals surface area (Å²) in [5.74, 6) is -0.239. The lowest BCUT2D eigenvalue weighted by atomic mass is 9.71. The van der Waals surface area contributed by atoms with Gasteiger partial charge in [-0.3, -0.25) is 9.59 Å². The molecule has 0 heterocycles. The van der Waals surface area contributed by atoms with Gasteiger partial charge in [0.2, 0.25) is 5.91 Å². The van der Waals surface area contributed by atoms with Gasteiger partial charge in [-0.05, 0) is 45.7 Å². The number of rotatable bonds is 6. The van der Waals surface area contributed by atoms with E-state index in [9.17, 15) is 14.7 Å². The molecule has 1 saturated carbocycles. The maximum Gasteiger partial charge on any atom is 0.311 e. The molecule has 0 atom stereocenters. The maximum absolute atomic E-state index is 11.7. The van der Waals surface area contributed by atoms with Crippen LogP contribution >= 0.6 is 0 Å². The Labute approximate surface area is 115 Å². The molecule has 0 radical (unpaired) electrons. The fourth-order valence-electron chi connectivity index (χ4n) is 2.46. The van der Waals surface area contributed by atoms with Gasteiger partial charge in [0.15, 0.2) is 0 Å². The second kappa shape index (κ2) is 6.89. The molecule has 1 amide bonds. The van der Waals surface area contributed by atoms with Crippen LogP contribution in [0.15, 0.2) is 0 Å².